The lowest BCUT2D eigenvalue weighted by atomic mass is 10.1. The van der Waals surface area contributed by atoms with E-state index in [2.05, 4.69) is 24.1 Å². The number of rotatable bonds is 6. The van der Waals surface area contributed by atoms with Crippen molar-refractivity contribution in [1.82, 2.24) is 14.9 Å². The minimum absolute atomic E-state index is 0.161. The molecular formula is C16H20F3N3. The third-order valence-electron chi connectivity index (χ3n) is 3.30. The average molecular weight is 311 g/mol. The number of hydrogen-bond donors (Lipinski definition) is 1. The van der Waals surface area contributed by atoms with Crippen molar-refractivity contribution in [2.75, 3.05) is 6.54 Å². The van der Waals surface area contributed by atoms with E-state index in [1.54, 1.807) is 23.0 Å². The van der Waals surface area contributed by atoms with Crippen molar-refractivity contribution in [2.24, 2.45) is 5.92 Å². The smallest absolute Gasteiger partial charge is 0.329 e. The van der Waals surface area contributed by atoms with Gasteiger partial charge in [0.25, 0.3) is 0 Å². The van der Waals surface area contributed by atoms with Crippen molar-refractivity contribution < 1.29 is 13.2 Å². The molecule has 0 spiro atoms. The van der Waals surface area contributed by atoms with Crippen molar-refractivity contribution in [2.45, 2.75) is 33.1 Å². The summed E-state index contributed by atoms with van der Waals surface area (Å²) >= 11 is 0. The lowest BCUT2D eigenvalue weighted by Gasteiger charge is -2.15. The van der Waals surface area contributed by atoms with E-state index in [-0.39, 0.29) is 12.1 Å². The largest absolute Gasteiger partial charge is 0.416 e. The zero-order chi connectivity index (χ0) is 16.2. The molecule has 0 saturated heterocycles. The van der Waals surface area contributed by atoms with E-state index in [4.69, 9.17) is 0 Å². The Morgan fingerprint density at radius 3 is 2.64 bits per heavy atom. The number of imidazole rings is 1. The van der Waals surface area contributed by atoms with E-state index in [0.717, 1.165) is 18.4 Å². The van der Waals surface area contributed by atoms with E-state index in [1.807, 2.05) is 0 Å². The fourth-order valence-corrected chi connectivity index (χ4v) is 2.24. The van der Waals surface area contributed by atoms with Crippen LogP contribution in [0.4, 0.5) is 13.2 Å². The first kappa shape index (κ1) is 16.5. The van der Waals surface area contributed by atoms with Crippen molar-refractivity contribution in [1.29, 1.82) is 0 Å². The van der Waals surface area contributed by atoms with Crippen LogP contribution < -0.4 is 5.32 Å². The highest BCUT2D eigenvalue weighted by Gasteiger charge is 2.32. The summed E-state index contributed by atoms with van der Waals surface area (Å²) in [5.74, 6) is 1.24. The standard InChI is InChI=1S/C16H20F3N3/c1-12(2)9-20-10-15-21-7-8-22(15)11-13-5-3-4-6-14(13)16(17,18)19/h3-8,12,20H,9-11H2,1-2H3. The molecule has 0 radical (unpaired) electrons. The van der Waals surface area contributed by atoms with Gasteiger partial charge in [0.2, 0.25) is 0 Å². The van der Waals surface area contributed by atoms with Gasteiger partial charge in [-0.25, -0.2) is 4.98 Å². The van der Waals surface area contributed by atoms with Crippen molar-refractivity contribution >= 4 is 0 Å². The number of nitrogens with one attached hydrogen (secondary N) is 1. The topological polar surface area (TPSA) is 29.9 Å². The van der Waals surface area contributed by atoms with Crippen molar-refractivity contribution in [3.63, 3.8) is 0 Å². The molecule has 0 amide bonds. The molecule has 0 fully saturated rings. The normalized spacial score (nSPS) is 12.1. The minimum atomic E-state index is -4.34. The van der Waals surface area contributed by atoms with Crippen LogP contribution in [0.5, 0.6) is 0 Å². The number of aromatic nitrogens is 2. The van der Waals surface area contributed by atoms with Crippen LogP contribution in [0.2, 0.25) is 0 Å². The van der Waals surface area contributed by atoms with Gasteiger partial charge in [0.05, 0.1) is 12.1 Å². The molecule has 1 aromatic heterocycles. The monoisotopic (exact) mass is 311 g/mol. The first-order chi connectivity index (χ1) is 10.4. The maximum atomic E-state index is 13.0. The molecule has 0 bridgehead atoms. The fraction of sp³-hybridized carbons (Fsp3) is 0.438. The Morgan fingerprint density at radius 1 is 1.23 bits per heavy atom. The Morgan fingerprint density at radius 2 is 1.95 bits per heavy atom. The predicted octanol–water partition coefficient (Wildman–Crippen LogP) is 3.70. The van der Waals surface area contributed by atoms with Gasteiger partial charge in [0.1, 0.15) is 5.82 Å². The molecule has 1 heterocycles. The first-order valence-electron chi connectivity index (χ1n) is 7.23. The highest BCUT2D eigenvalue weighted by Crippen LogP contribution is 2.32. The second kappa shape index (κ2) is 6.96. The van der Waals surface area contributed by atoms with E-state index in [1.165, 1.54) is 12.1 Å². The summed E-state index contributed by atoms with van der Waals surface area (Å²) in [6.07, 6.45) is -1.02. The second-order valence-corrected chi connectivity index (χ2v) is 5.65. The quantitative estimate of drug-likeness (QED) is 0.881. The number of hydrogen-bond acceptors (Lipinski definition) is 2. The third-order valence-corrected chi connectivity index (χ3v) is 3.30. The van der Waals surface area contributed by atoms with Gasteiger partial charge in [-0.05, 0) is 24.1 Å². The molecule has 6 heteroatoms. The SMILES string of the molecule is CC(C)CNCc1nccn1Cc1ccccc1C(F)(F)F. The Bertz CT molecular complexity index is 603. The van der Waals surface area contributed by atoms with Gasteiger partial charge in [0.15, 0.2) is 0 Å². The summed E-state index contributed by atoms with van der Waals surface area (Å²) in [4.78, 5) is 4.22. The summed E-state index contributed by atoms with van der Waals surface area (Å²) in [7, 11) is 0. The van der Waals surface area contributed by atoms with Crippen LogP contribution in [0.15, 0.2) is 36.7 Å². The van der Waals surface area contributed by atoms with Gasteiger partial charge in [0, 0.05) is 18.9 Å². The fourth-order valence-electron chi connectivity index (χ4n) is 2.24. The lowest BCUT2D eigenvalue weighted by molar-refractivity contribution is -0.138. The summed E-state index contributed by atoms with van der Waals surface area (Å²) in [6.45, 7) is 5.73. The Balaban J connectivity index is 2.14. The number of nitrogens with zero attached hydrogens (tertiary/aromatic N) is 2. The molecule has 120 valence electrons. The second-order valence-electron chi connectivity index (χ2n) is 5.65. The Labute approximate surface area is 128 Å². The predicted molar refractivity (Wildman–Crippen MR) is 79.3 cm³/mol. The highest BCUT2D eigenvalue weighted by molar-refractivity contribution is 5.30. The first-order valence-corrected chi connectivity index (χ1v) is 7.23. The Hall–Kier alpha value is -1.82. The van der Waals surface area contributed by atoms with Gasteiger partial charge in [-0.15, -0.1) is 0 Å². The van der Waals surface area contributed by atoms with Crippen LogP contribution in [0.1, 0.15) is 30.8 Å². The molecule has 22 heavy (non-hydrogen) atoms. The van der Waals surface area contributed by atoms with Crippen LogP contribution in [-0.4, -0.2) is 16.1 Å². The molecule has 1 aromatic carbocycles. The summed E-state index contributed by atoms with van der Waals surface area (Å²) in [6, 6.07) is 5.65. The van der Waals surface area contributed by atoms with E-state index in [9.17, 15) is 13.2 Å². The molecule has 0 aliphatic rings. The van der Waals surface area contributed by atoms with Crippen LogP contribution in [0.3, 0.4) is 0 Å². The molecule has 0 atom stereocenters. The molecule has 2 aromatic rings. The van der Waals surface area contributed by atoms with E-state index >= 15 is 0 Å². The summed E-state index contributed by atoms with van der Waals surface area (Å²) < 4.78 is 40.8. The van der Waals surface area contributed by atoms with E-state index in [0.29, 0.717) is 12.5 Å². The zero-order valence-corrected chi connectivity index (χ0v) is 12.7. The van der Waals surface area contributed by atoms with Crippen LogP contribution in [-0.2, 0) is 19.3 Å². The zero-order valence-electron chi connectivity index (χ0n) is 12.7. The van der Waals surface area contributed by atoms with Gasteiger partial charge in [-0.1, -0.05) is 32.0 Å². The maximum absolute atomic E-state index is 13.0. The number of benzene rings is 1. The molecule has 0 aliphatic heterocycles. The van der Waals surface area contributed by atoms with Crippen LogP contribution in [0, 0.1) is 5.92 Å². The average Bonchev–Trinajstić information content (AvgIpc) is 2.85. The molecule has 0 unspecified atom stereocenters. The molecule has 3 nitrogen and oxygen atoms in total. The molecule has 0 aliphatic carbocycles. The summed E-state index contributed by atoms with van der Waals surface area (Å²) in [5.41, 5.74) is -0.345. The molecule has 0 saturated carbocycles. The lowest BCUT2D eigenvalue weighted by Crippen LogP contribution is -2.22. The van der Waals surface area contributed by atoms with Gasteiger partial charge >= 0.3 is 6.18 Å². The molecule has 1 N–H and O–H groups in total. The van der Waals surface area contributed by atoms with Gasteiger partial charge < -0.3 is 9.88 Å². The number of halogens is 3. The third kappa shape index (κ3) is 4.34. The molecular weight excluding hydrogens is 291 g/mol. The minimum Gasteiger partial charge on any atom is -0.329 e. The summed E-state index contributed by atoms with van der Waals surface area (Å²) in [5, 5.41) is 3.25. The Kier molecular flexibility index (Phi) is 5.24. The van der Waals surface area contributed by atoms with Crippen LogP contribution >= 0.6 is 0 Å². The van der Waals surface area contributed by atoms with E-state index < -0.39 is 11.7 Å². The maximum Gasteiger partial charge on any atom is 0.416 e. The van der Waals surface area contributed by atoms with Crippen molar-refractivity contribution in [3.05, 3.63) is 53.6 Å². The van der Waals surface area contributed by atoms with Gasteiger partial charge in [-0.2, -0.15) is 13.2 Å². The number of alkyl halides is 3. The molecule has 2 rings (SSSR count). The van der Waals surface area contributed by atoms with Crippen molar-refractivity contribution in [3.8, 4) is 0 Å². The highest BCUT2D eigenvalue weighted by atomic mass is 19.4. The van der Waals surface area contributed by atoms with Crippen LogP contribution in [0.25, 0.3) is 0 Å². The van der Waals surface area contributed by atoms with Gasteiger partial charge in [-0.3, -0.25) is 0 Å².